The zero-order valence-electron chi connectivity index (χ0n) is 24.8. The number of carbonyl (C=O) groups excluding carboxylic acids is 2. The van der Waals surface area contributed by atoms with Crippen LogP contribution < -0.4 is 5.32 Å². The highest BCUT2D eigenvalue weighted by atomic mass is 28.3. The number of amides is 1. The third-order valence-corrected chi connectivity index (χ3v) is 7.75. The number of nitrogens with zero attached hydrogens (tertiary/aromatic N) is 3. The minimum Gasteiger partial charge on any atom is -0.451 e. The van der Waals surface area contributed by atoms with Crippen LogP contribution in [0.5, 0.6) is 0 Å². The maximum atomic E-state index is 14.8. The summed E-state index contributed by atoms with van der Waals surface area (Å²) in [5, 5.41) is 2.92. The fourth-order valence-corrected chi connectivity index (χ4v) is 4.70. The molecule has 0 bridgehead atoms. The first-order valence-corrected chi connectivity index (χ1v) is 17.5. The number of benzene rings is 1. The molecule has 1 N–H and O–H groups in total. The number of nitrogens with one attached hydrogen (secondary N) is 1. The topological polar surface area (TPSA) is 108 Å². The number of Topliss-reactive ketones (excluding diaryl/α,β-unsaturated/α-hetero) is 1. The lowest BCUT2D eigenvalue weighted by atomic mass is 10.1. The summed E-state index contributed by atoms with van der Waals surface area (Å²) in [7, 11) is -1.32. The van der Waals surface area contributed by atoms with Gasteiger partial charge in [-0.15, -0.1) is 0 Å². The van der Waals surface area contributed by atoms with Crippen molar-refractivity contribution in [3.05, 3.63) is 72.6 Å². The highest BCUT2D eigenvalue weighted by molar-refractivity contribution is 6.76. The fraction of sp³-hybridized carbons (Fsp3) is 0.467. The zero-order chi connectivity index (χ0) is 30.0. The second-order valence-electron chi connectivity index (χ2n) is 12.0. The second-order valence-corrected chi connectivity index (χ2v) is 17.6. The van der Waals surface area contributed by atoms with Crippen LogP contribution in [0.3, 0.4) is 0 Å². The van der Waals surface area contributed by atoms with Crippen molar-refractivity contribution >= 4 is 20.0 Å². The highest BCUT2D eigenvalue weighted by Crippen LogP contribution is 2.28. The first kappa shape index (κ1) is 31.9. The van der Waals surface area contributed by atoms with Gasteiger partial charge in [-0.3, -0.25) is 4.79 Å². The standard InChI is InChI=1S/C30H41FN4O5Si/c1-30(2,3)40-29(37)34-24(14-8-7-9-15-27(36)25-19-39-20-33-25)28-32-18-26(22-12-10-11-13-23(22)31)35(28)21-38-16-17-41(4,5)6/h7-8,10-13,18-20,24H,9,14-17,21H2,1-6H3,(H,34,37)/b8-7+/t24-/m0/s1. The Kier molecular flexibility index (Phi) is 11.2. The summed E-state index contributed by atoms with van der Waals surface area (Å²) in [5.41, 5.74) is 0.529. The van der Waals surface area contributed by atoms with Crippen molar-refractivity contribution in [3.63, 3.8) is 0 Å². The molecule has 0 radical (unpaired) electrons. The van der Waals surface area contributed by atoms with Crippen LogP contribution in [0.2, 0.25) is 25.7 Å². The van der Waals surface area contributed by atoms with Gasteiger partial charge < -0.3 is 23.8 Å². The maximum absolute atomic E-state index is 14.8. The van der Waals surface area contributed by atoms with E-state index in [-0.39, 0.29) is 24.8 Å². The molecule has 1 atom stereocenters. The van der Waals surface area contributed by atoms with Crippen LogP contribution in [0.25, 0.3) is 11.3 Å². The largest absolute Gasteiger partial charge is 0.451 e. The van der Waals surface area contributed by atoms with E-state index in [1.54, 1.807) is 49.7 Å². The van der Waals surface area contributed by atoms with Crippen molar-refractivity contribution in [1.29, 1.82) is 0 Å². The Morgan fingerprint density at radius 2 is 1.93 bits per heavy atom. The van der Waals surface area contributed by atoms with Crippen LogP contribution in [-0.4, -0.2) is 46.7 Å². The molecule has 2 aromatic heterocycles. The molecule has 222 valence electrons. The molecule has 0 aliphatic rings. The molecule has 41 heavy (non-hydrogen) atoms. The Bertz CT molecular complexity index is 1310. The summed E-state index contributed by atoms with van der Waals surface area (Å²) < 4.78 is 33.1. The van der Waals surface area contributed by atoms with E-state index in [2.05, 4.69) is 34.9 Å². The van der Waals surface area contributed by atoms with Crippen LogP contribution in [-0.2, 0) is 16.2 Å². The van der Waals surface area contributed by atoms with E-state index in [9.17, 15) is 14.0 Å². The van der Waals surface area contributed by atoms with E-state index in [4.69, 9.17) is 13.9 Å². The molecule has 0 spiro atoms. The average molecular weight is 585 g/mol. The number of halogens is 1. The summed E-state index contributed by atoms with van der Waals surface area (Å²) in [6, 6.07) is 6.86. The monoisotopic (exact) mass is 584 g/mol. The van der Waals surface area contributed by atoms with Crippen LogP contribution in [0.4, 0.5) is 9.18 Å². The van der Waals surface area contributed by atoms with Crippen molar-refractivity contribution in [2.24, 2.45) is 0 Å². The molecule has 11 heteroatoms. The lowest BCUT2D eigenvalue weighted by Gasteiger charge is -2.24. The Morgan fingerprint density at radius 3 is 2.59 bits per heavy atom. The van der Waals surface area contributed by atoms with Gasteiger partial charge in [-0.2, -0.15) is 0 Å². The van der Waals surface area contributed by atoms with E-state index in [0.717, 1.165) is 6.04 Å². The molecule has 1 aromatic carbocycles. The number of ether oxygens (including phenoxy) is 2. The lowest BCUT2D eigenvalue weighted by molar-refractivity contribution is 0.0492. The quantitative estimate of drug-likeness (QED) is 0.0926. The molecule has 0 aliphatic heterocycles. The number of carbonyl (C=O) groups is 2. The Morgan fingerprint density at radius 1 is 1.17 bits per heavy atom. The Labute approximate surface area is 242 Å². The van der Waals surface area contributed by atoms with Crippen molar-refractivity contribution in [2.75, 3.05) is 6.61 Å². The molecule has 0 saturated carbocycles. The predicted octanol–water partition coefficient (Wildman–Crippen LogP) is 7.16. The number of ketones is 1. The average Bonchev–Trinajstić information content (AvgIpc) is 3.55. The first-order chi connectivity index (χ1) is 19.3. The van der Waals surface area contributed by atoms with E-state index in [0.29, 0.717) is 42.2 Å². The van der Waals surface area contributed by atoms with Crippen molar-refractivity contribution in [3.8, 4) is 11.3 Å². The number of allylic oxidation sites excluding steroid dienone is 1. The molecular weight excluding hydrogens is 543 g/mol. The van der Waals surface area contributed by atoms with Gasteiger partial charge in [0.1, 0.15) is 35.9 Å². The first-order valence-electron chi connectivity index (χ1n) is 13.8. The third kappa shape index (κ3) is 10.4. The van der Waals surface area contributed by atoms with Gasteiger partial charge in [-0.05, 0) is 51.8 Å². The van der Waals surface area contributed by atoms with Gasteiger partial charge in [-0.25, -0.2) is 19.2 Å². The minimum absolute atomic E-state index is 0.118. The maximum Gasteiger partial charge on any atom is 0.408 e. The second kappa shape index (κ2) is 14.4. The van der Waals surface area contributed by atoms with Crippen molar-refractivity contribution < 1.29 is 27.9 Å². The number of hydrogen-bond acceptors (Lipinski definition) is 7. The number of oxazole rings is 1. The Balaban J connectivity index is 1.85. The molecule has 3 aromatic rings. The summed E-state index contributed by atoms with van der Waals surface area (Å²) in [6.07, 6.45) is 8.42. The summed E-state index contributed by atoms with van der Waals surface area (Å²) >= 11 is 0. The van der Waals surface area contributed by atoms with Gasteiger partial charge in [0.05, 0.1) is 17.9 Å². The fourth-order valence-electron chi connectivity index (χ4n) is 3.94. The van der Waals surface area contributed by atoms with E-state index < -0.39 is 25.8 Å². The van der Waals surface area contributed by atoms with Gasteiger partial charge in [-0.1, -0.05) is 43.9 Å². The van der Waals surface area contributed by atoms with E-state index in [1.165, 1.54) is 18.7 Å². The van der Waals surface area contributed by atoms with Gasteiger partial charge in [0, 0.05) is 26.7 Å². The predicted molar refractivity (Wildman–Crippen MR) is 158 cm³/mol. The van der Waals surface area contributed by atoms with E-state index in [1.807, 2.05) is 12.2 Å². The zero-order valence-corrected chi connectivity index (χ0v) is 25.8. The minimum atomic E-state index is -1.32. The number of imidazole rings is 1. The van der Waals surface area contributed by atoms with E-state index >= 15 is 0 Å². The van der Waals surface area contributed by atoms with Gasteiger partial charge >= 0.3 is 6.09 Å². The molecular formula is C30H41FN4O5Si. The smallest absolute Gasteiger partial charge is 0.408 e. The SMILES string of the molecule is CC(C)(C)OC(=O)N[C@@H](C/C=C/CCC(=O)c1cocn1)c1ncc(-c2ccccc2F)n1COCC[Si](C)(C)C. The van der Waals surface area contributed by atoms with Crippen molar-refractivity contribution in [2.45, 2.75) is 84.1 Å². The van der Waals surface area contributed by atoms with Gasteiger partial charge in [0.2, 0.25) is 0 Å². The molecule has 0 saturated heterocycles. The Hall–Kier alpha value is -3.57. The normalized spacial score (nSPS) is 13.0. The summed E-state index contributed by atoms with van der Waals surface area (Å²) in [4.78, 5) is 33.5. The number of hydrogen-bond donors (Lipinski definition) is 1. The molecule has 3 rings (SSSR count). The molecule has 0 unspecified atom stereocenters. The van der Waals surface area contributed by atoms with Crippen LogP contribution >= 0.6 is 0 Å². The van der Waals surface area contributed by atoms with Crippen LogP contribution in [0, 0.1) is 5.82 Å². The number of alkyl carbamates (subject to hydrolysis) is 1. The third-order valence-electron chi connectivity index (χ3n) is 6.05. The number of rotatable bonds is 14. The van der Waals surface area contributed by atoms with Crippen LogP contribution in [0.1, 0.15) is 62.4 Å². The molecule has 2 heterocycles. The van der Waals surface area contributed by atoms with Gasteiger partial charge in [0.25, 0.3) is 0 Å². The molecule has 0 fully saturated rings. The summed E-state index contributed by atoms with van der Waals surface area (Å²) in [5.74, 6) is 0.00781. The highest BCUT2D eigenvalue weighted by Gasteiger charge is 2.25. The van der Waals surface area contributed by atoms with Crippen molar-refractivity contribution in [1.82, 2.24) is 19.9 Å². The molecule has 1 amide bonds. The molecule has 0 aliphatic carbocycles. The van der Waals surface area contributed by atoms with Gasteiger partial charge in [0.15, 0.2) is 12.2 Å². The molecule has 9 nitrogen and oxygen atoms in total. The number of aromatic nitrogens is 3. The van der Waals surface area contributed by atoms with Crippen LogP contribution in [0.15, 0.2) is 59.7 Å². The summed E-state index contributed by atoms with van der Waals surface area (Å²) in [6.45, 7) is 12.9. The lowest BCUT2D eigenvalue weighted by Crippen LogP contribution is -2.36.